The molecule has 15 nitrogen and oxygen atoms in total. The Morgan fingerprint density at radius 3 is 1.67 bits per heavy atom. The van der Waals surface area contributed by atoms with E-state index in [4.69, 9.17) is 26.8 Å². The van der Waals surface area contributed by atoms with Crippen LogP contribution in [0.3, 0.4) is 0 Å². The van der Waals surface area contributed by atoms with E-state index in [2.05, 4.69) is 10.6 Å². The quantitative estimate of drug-likeness (QED) is 0.117. The van der Waals surface area contributed by atoms with Gasteiger partial charge in [0.2, 0.25) is 23.6 Å². The smallest absolute Gasteiger partial charge is 0.326 e. The minimum Gasteiger partial charge on any atom is -0.481 e. The molecule has 0 fully saturated rings. The number of carboxylic acid groups (broad SMARTS) is 3. The van der Waals surface area contributed by atoms with Crippen LogP contribution in [0.25, 0.3) is 0 Å². The third-order valence-electron chi connectivity index (χ3n) is 4.68. The number of carbonyl (C=O) groups excluding carboxylic acids is 4. The summed E-state index contributed by atoms with van der Waals surface area (Å²) >= 11 is 0. The van der Waals surface area contributed by atoms with Gasteiger partial charge in [-0.2, -0.15) is 0 Å². The van der Waals surface area contributed by atoms with Crippen LogP contribution >= 0.6 is 0 Å². The zero-order valence-corrected chi connectivity index (χ0v) is 18.9. The van der Waals surface area contributed by atoms with Crippen LogP contribution in [-0.2, 0) is 40.0 Å². The standard InChI is InChI=1S/C21H27N5O10/c22-11(7-15(23)27)18(32)24-12(6-10-4-2-1-3-5-10)19(33)25-13(8-16(28)29)20(34)26-14(21(35)36)9-17(30)31/h1-5,11-14H,6-9,22H2,(H2,23,27)(H,24,32)(H,25,33)(H,26,34)(H,28,29)(H,30,31)(H,35,36). The van der Waals surface area contributed by atoms with Gasteiger partial charge in [-0.05, 0) is 5.56 Å². The van der Waals surface area contributed by atoms with E-state index >= 15 is 0 Å². The van der Waals surface area contributed by atoms with Crippen molar-refractivity contribution in [3.8, 4) is 0 Å². The molecule has 15 heteroatoms. The molecule has 0 bridgehead atoms. The van der Waals surface area contributed by atoms with Crippen LogP contribution in [0.5, 0.6) is 0 Å². The highest BCUT2D eigenvalue weighted by molar-refractivity contribution is 5.96. The first-order valence-electron chi connectivity index (χ1n) is 10.5. The molecule has 0 saturated heterocycles. The van der Waals surface area contributed by atoms with Gasteiger partial charge in [-0.15, -0.1) is 0 Å². The van der Waals surface area contributed by atoms with Crippen molar-refractivity contribution in [3.05, 3.63) is 35.9 Å². The average molecular weight is 509 g/mol. The lowest BCUT2D eigenvalue weighted by Crippen LogP contribution is -2.58. The summed E-state index contributed by atoms with van der Waals surface area (Å²) in [7, 11) is 0. The summed E-state index contributed by atoms with van der Waals surface area (Å²) in [6.45, 7) is 0. The van der Waals surface area contributed by atoms with E-state index in [0.29, 0.717) is 5.56 Å². The van der Waals surface area contributed by atoms with E-state index in [1.54, 1.807) is 30.3 Å². The zero-order valence-electron chi connectivity index (χ0n) is 18.9. The van der Waals surface area contributed by atoms with E-state index < -0.39 is 85.0 Å². The first-order valence-corrected chi connectivity index (χ1v) is 10.5. The van der Waals surface area contributed by atoms with Gasteiger partial charge in [0, 0.05) is 6.42 Å². The molecule has 4 amide bonds. The highest BCUT2D eigenvalue weighted by Gasteiger charge is 2.32. The van der Waals surface area contributed by atoms with Gasteiger partial charge in [-0.1, -0.05) is 30.3 Å². The van der Waals surface area contributed by atoms with Crippen LogP contribution in [0.1, 0.15) is 24.8 Å². The fourth-order valence-electron chi connectivity index (χ4n) is 2.95. The van der Waals surface area contributed by atoms with E-state index in [-0.39, 0.29) is 6.42 Å². The summed E-state index contributed by atoms with van der Waals surface area (Å²) in [6.07, 6.45) is -2.63. The largest absolute Gasteiger partial charge is 0.481 e. The Bertz CT molecular complexity index is 1000. The molecule has 36 heavy (non-hydrogen) atoms. The number of rotatable bonds is 15. The van der Waals surface area contributed by atoms with Gasteiger partial charge in [0.25, 0.3) is 0 Å². The van der Waals surface area contributed by atoms with Gasteiger partial charge in [0.1, 0.15) is 18.1 Å². The molecule has 0 heterocycles. The molecule has 1 aromatic rings. The summed E-state index contributed by atoms with van der Waals surface area (Å²) < 4.78 is 0. The number of hydrogen-bond donors (Lipinski definition) is 8. The van der Waals surface area contributed by atoms with Crippen molar-refractivity contribution in [1.29, 1.82) is 0 Å². The fourth-order valence-corrected chi connectivity index (χ4v) is 2.95. The van der Waals surface area contributed by atoms with E-state index in [0.717, 1.165) is 0 Å². The maximum atomic E-state index is 13.0. The molecule has 0 aliphatic heterocycles. The number of nitrogens with two attached hydrogens (primary N) is 2. The second-order valence-electron chi connectivity index (χ2n) is 7.68. The molecule has 0 saturated carbocycles. The lowest BCUT2D eigenvalue weighted by molar-refractivity contribution is -0.148. The van der Waals surface area contributed by atoms with E-state index in [9.17, 15) is 33.6 Å². The second kappa shape index (κ2) is 14.0. The molecule has 10 N–H and O–H groups in total. The van der Waals surface area contributed by atoms with Crippen molar-refractivity contribution in [2.75, 3.05) is 0 Å². The second-order valence-corrected chi connectivity index (χ2v) is 7.68. The van der Waals surface area contributed by atoms with Crippen LogP contribution in [0.4, 0.5) is 0 Å². The monoisotopic (exact) mass is 509 g/mol. The third-order valence-corrected chi connectivity index (χ3v) is 4.68. The van der Waals surface area contributed by atoms with E-state index in [1.165, 1.54) is 0 Å². The van der Waals surface area contributed by atoms with Crippen LogP contribution in [0, 0.1) is 0 Å². The molecule has 0 spiro atoms. The summed E-state index contributed by atoms with van der Waals surface area (Å²) in [5.74, 6) is -8.85. The first kappa shape index (κ1) is 29.5. The molecule has 196 valence electrons. The van der Waals surface area contributed by atoms with Crippen molar-refractivity contribution < 1.29 is 48.9 Å². The van der Waals surface area contributed by atoms with Gasteiger partial charge >= 0.3 is 17.9 Å². The molecule has 4 unspecified atom stereocenters. The Hall–Kier alpha value is -4.53. The van der Waals surface area contributed by atoms with Crippen molar-refractivity contribution in [2.24, 2.45) is 11.5 Å². The van der Waals surface area contributed by atoms with Crippen molar-refractivity contribution in [1.82, 2.24) is 16.0 Å². The SMILES string of the molecule is NC(=O)CC(N)C(=O)NC(Cc1ccccc1)C(=O)NC(CC(=O)O)C(=O)NC(CC(=O)O)C(=O)O. The molecular weight excluding hydrogens is 482 g/mol. The number of amides is 4. The molecule has 1 aromatic carbocycles. The number of benzene rings is 1. The molecule has 0 aliphatic carbocycles. The molecule has 4 atom stereocenters. The molecular formula is C21H27N5O10. The molecule has 0 aromatic heterocycles. The van der Waals surface area contributed by atoms with Crippen molar-refractivity contribution in [2.45, 2.75) is 49.9 Å². The van der Waals surface area contributed by atoms with Gasteiger partial charge < -0.3 is 42.7 Å². The maximum Gasteiger partial charge on any atom is 0.326 e. The lowest BCUT2D eigenvalue weighted by Gasteiger charge is -2.24. The van der Waals surface area contributed by atoms with Gasteiger partial charge in [-0.25, -0.2) is 4.79 Å². The minimum atomic E-state index is -1.89. The van der Waals surface area contributed by atoms with Gasteiger partial charge in [0.15, 0.2) is 0 Å². The third kappa shape index (κ3) is 10.6. The predicted molar refractivity (Wildman–Crippen MR) is 120 cm³/mol. The fraction of sp³-hybridized carbons (Fsp3) is 0.381. The molecule has 1 rings (SSSR count). The highest BCUT2D eigenvalue weighted by Crippen LogP contribution is 2.06. The predicted octanol–water partition coefficient (Wildman–Crippen LogP) is -3.08. The Morgan fingerprint density at radius 2 is 1.17 bits per heavy atom. The number of carbonyl (C=O) groups is 7. The van der Waals surface area contributed by atoms with Crippen molar-refractivity contribution >= 4 is 41.5 Å². The highest BCUT2D eigenvalue weighted by atomic mass is 16.4. The number of hydrogen-bond acceptors (Lipinski definition) is 8. The van der Waals surface area contributed by atoms with Crippen LogP contribution in [0.15, 0.2) is 30.3 Å². The zero-order chi connectivity index (χ0) is 27.4. The number of primary amides is 1. The number of aliphatic carboxylic acids is 3. The maximum absolute atomic E-state index is 13.0. The Balaban J connectivity index is 3.13. The minimum absolute atomic E-state index is 0.125. The van der Waals surface area contributed by atoms with Gasteiger partial charge in [0.05, 0.1) is 25.3 Å². The first-order chi connectivity index (χ1) is 16.8. The number of nitrogens with one attached hydrogen (secondary N) is 3. The van der Waals surface area contributed by atoms with Crippen LogP contribution < -0.4 is 27.4 Å². The normalized spacial score (nSPS) is 13.8. The summed E-state index contributed by atoms with van der Waals surface area (Å²) in [6, 6.07) is 1.76. The Labute approximate surface area is 204 Å². The van der Waals surface area contributed by atoms with Gasteiger partial charge in [-0.3, -0.25) is 28.8 Å². The van der Waals surface area contributed by atoms with Crippen molar-refractivity contribution in [3.63, 3.8) is 0 Å². The number of carboxylic acids is 3. The molecule has 0 radical (unpaired) electrons. The lowest BCUT2D eigenvalue weighted by atomic mass is 10.0. The molecule has 0 aliphatic rings. The summed E-state index contributed by atoms with van der Waals surface area (Å²) in [4.78, 5) is 82.3. The summed E-state index contributed by atoms with van der Waals surface area (Å²) in [5.41, 5.74) is 11.2. The van der Waals surface area contributed by atoms with Crippen LogP contribution in [-0.4, -0.2) is 81.0 Å². The Morgan fingerprint density at radius 1 is 0.694 bits per heavy atom. The summed E-state index contributed by atoms with van der Waals surface area (Å²) in [5, 5.41) is 33.4. The van der Waals surface area contributed by atoms with E-state index in [1.807, 2.05) is 5.32 Å². The topological polar surface area (TPSA) is 268 Å². The van der Waals surface area contributed by atoms with Crippen LogP contribution in [0.2, 0.25) is 0 Å². The Kier molecular flexibility index (Phi) is 11.5. The average Bonchev–Trinajstić information content (AvgIpc) is 2.77.